The lowest BCUT2D eigenvalue weighted by molar-refractivity contribution is 0.497. The molecule has 22 heavy (non-hydrogen) atoms. The fourth-order valence-electron chi connectivity index (χ4n) is 2.82. The van der Waals surface area contributed by atoms with Gasteiger partial charge >= 0.3 is 0 Å². The minimum absolute atomic E-state index is 0.353. The number of nitrogens with one attached hydrogen (secondary N) is 1. The molecule has 1 aromatic carbocycles. The highest BCUT2D eigenvalue weighted by atomic mass is 16.3. The molecule has 116 valence electrons. The molecule has 1 fully saturated rings. The molecule has 4 nitrogen and oxygen atoms in total. The Hall–Kier alpha value is -1.91. The summed E-state index contributed by atoms with van der Waals surface area (Å²) in [5, 5.41) is 3.56. The van der Waals surface area contributed by atoms with Crippen LogP contribution in [0.1, 0.15) is 36.9 Å². The summed E-state index contributed by atoms with van der Waals surface area (Å²) in [6.45, 7) is 3.33. The Morgan fingerprint density at radius 3 is 2.91 bits per heavy atom. The van der Waals surface area contributed by atoms with Crippen LogP contribution < -0.4 is 11.1 Å². The van der Waals surface area contributed by atoms with Gasteiger partial charge in [0.05, 0.1) is 12.2 Å². The van der Waals surface area contributed by atoms with E-state index in [9.17, 15) is 0 Å². The Morgan fingerprint density at radius 2 is 2.23 bits per heavy atom. The monoisotopic (exact) mass is 297 g/mol. The van der Waals surface area contributed by atoms with E-state index >= 15 is 0 Å². The van der Waals surface area contributed by atoms with Crippen molar-refractivity contribution in [3.8, 4) is 0 Å². The lowest BCUT2D eigenvalue weighted by Gasteiger charge is -2.05. The smallest absolute Gasteiger partial charge is 0.208 e. The molecule has 1 unspecified atom stereocenters. The predicted octanol–water partition coefficient (Wildman–Crippen LogP) is 3.11. The molecule has 4 heteroatoms. The maximum Gasteiger partial charge on any atom is 0.208 e. The Labute approximate surface area is 131 Å². The van der Waals surface area contributed by atoms with Crippen LogP contribution in [0, 0.1) is 5.92 Å². The first-order chi connectivity index (χ1) is 10.8. The van der Waals surface area contributed by atoms with Gasteiger partial charge in [0.25, 0.3) is 0 Å². The maximum atomic E-state index is 5.50. The molecule has 3 rings (SSSR count). The summed E-state index contributed by atoms with van der Waals surface area (Å²) in [6.07, 6.45) is 6.31. The minimum atomic E-state index is 0.353. The first-order valence-electron chi connectivity index (χ1n) is 7.92. The lowest BCUT2D eigenvalue weighted by atomic mass is 10.0. The van der Waals surface area contributed by atoms with E-state index in [-0.39, 0.29) is 0 Å². The van der Waals surface area contributed by atoms with Crippen molar-refractivity contribution in [1.82, 2.24) is 10.3 Å². The van der Waals surface area contributed by atoms with Crippen molar-refractivity contribution in [2.45, 2.75) is 38.9 Å². The zero-order chi connectivity index (χ0) is 15.4. The highest BCUT2D eigenvalue weighted by molar-refractivity contribution is 5.54. The largest absolute Gasteiger partial charge is 0.447 e. The highest BCUT2D eigenvalue weighted by Gasteiger charge is 2.38. The number of nitrogens with zero attached hydrogens (tertiary/aromatic N) is 1. The van der Waals surface area contributed by atoms with Gasteiger partial charge in [-0.25, -0.2) is 4.98 Å². The van der Waals surface area contributed by atoms with Crippen molar-refractivity contribution in [2.24, 2.45) is 11.7 Å². The van der Waals surface area contributed by atoms with Crippen LogP contribution in [-0.2, 0) is 13.1 Å². The quantitative estimate of drug-likeness (QED) is 0.824. The van der Waals surface area contributed by atoms with E-state index in [0.29, 0.717) is 24.4 Å². The molecule has 1 aliphatic carbocycles. The Bertz CT molecular complexity index is 633. The summed E-state index contributed by atoms with van der Waals surface area (Å²) in [4.78, 5) is 4.32. The van der Waals surface area contributed by atoms with Gasteiger partial charge in [-0.15, -0.1) is 0 Å². The number of nitrogens with two attached hydrogens (primary N) is 1. The van der Waals surface area contributed by atoms with Crippen LogP contribution >= 0.6 is 0 Å². The van der Waals surface area contributed by atoms with Crippen molar-refractivity contribution in [2.75, 3.05) is 0 Å². The molecule has 1 saturated carbocycles. The van der Waals surface area contributed by atoms with Gasteiger partial charge in [-0.3, -0.25) is 0 Å². The second-order valence-electron chi connectivity index (χ2n) is 5.75. The first kappa shape index (κ1) is 15.0. The van der Waals surface area contributed by atoms with E-state index in [1.165, 1.54) is 17.6 Å². The minimum Gasteiger partial charge on any atom is -0.447 e. The Balaban J connectivity index is 1.55. The van der Waals surface area contributed by atoms with E-state index in [1.54, 1.807) is 6.26 Å². The van der Waals surface area contributed by atoms with Crippen LogP contribution in [-0.4, -0.2) is 11.0 Å². The summed E-state index contributed by atoms with van der Waals surface area (Å²) < 4.78 is 5.25. The van der Waals surface area contributed by atoms with Crippen LogP contribution in [0.3, 0.4) is 0 Å². The summed E-state index contributed by atoms with van der Waals surface area (Å²) in [5.74, 6) is 1.24. The summed E-state index contributed by atoms with van der Waals surface area (Å²) >= 11 is 0. The van der Waals surface area contributed by atoms with Gasteiger partial charge in [0.15, 0.2) is 0 Å². The number of benzene rings is 1. The van der Waals surface area contributed by atoms with E-state index in [0.717, 1.165) is 18.7 Å². The van der Waals surface area contributed by atoms with Gasteiger partial charge in [0.2, 0.25) is 5.89 Å². The van der Waals surface area contributed by atoms with Crippen LogP contribution in [0.2, 0.25) is 0 Å². The Morgan fingerprint density at radius 1 is 1.41 bits per heavy atom. The van der Waals surface area contributed by atoms with Crippen molar-refractivity contribution >= 4 is 6.08 Å². The van der Waals surface area contributed by atoms with Gasteiger partial charge in [-0.2, -0.15) is 0 Å². The van der Waals surface area contributed by atoms with Gasteiger partial charge in [-0.05, 0) is 24.3 Å². The molecule has 0 aliphatic heterocycles. The molecule has 0 spiro atoms. The van der Waals surface area contributed by atoms with Crippen LogP contribution in [0.4, 0.5) is 0 Å². The van der Waals surface area contributed by atoms with Crippen molar-refractivity contribution in [3.63, 3.8) is 0 Å². The molecular formula is C18H23N3O. The number of hydrogen-bond donors (Lipinski definition) is 2. The summed E-state index contributed by atoms with van der Waals surface area (Å²) in [5.41, 5.74) is 9.23. The van der Waals surface area contributed by atoms with Gasteiger partial charge < -0.3 is 15.5 Å². The molecule has 0 saturated heterocycles. The third kappa shape index (κ3) is 3.64. The molecule has 0 radical (unpaired) electrons. The van der Waals surface area contributed by atoms with E-state index in [1.807, 2.05) is 0 Å². The van der Waals surface area contributed by atoms with Crippen molar-refractivity contribution in [1.29, 1.82) is 0 Å². The summed E-state index contributed by atoms with van der Waals surface area (Å²) in [6, 6.07) is 11.1. The van der Waals surface area contributed by atoms with E-state index in [2.05, 4.69) is 53.6 Å². The molecule has 0 bridgehead atoms. The average molecular weight is 297 g/mol. The van der Waals surface area contributed by atoms with Gasteiger partial charge in [0, 0.05) is 12.6 Å². The average Bonchev–Trinajstić information content (AvgIpc) is 3.18. The summed E-state index contributed by atoms with van der Waals surface area (Å²) in [7, 11) is 0. The first-order valence-corrected chi connectivity index (χ1v) is 7.92. The van der Waals surface area contributed by atoms with E-state index < -0.39 is 0 Å². The topological polar surface area (TPSA) is 64.1 Å². The number of oxazole rings is 1. The molecule has 0 amide bonds. The molecular weight excluding hydrogens is 274 g/mol. The molecule has 1 aromatic heterocycles. The predicted molar refractivity (Wildman–Crippen MR) is 87.8 cm³/mol. The second-order valence-corrected chi connectivity index (χ2v) is 5.75. The zero-order valence-electron chi connectivity index (χ0n) is 13.0. The third-order valence-electron chi connectivity index (χ3n) is 4.15. The lowest BCUT2D eigenvalue weighted by Crippen LogP contribution is -2.18. The number of rotatable bonds is 7. The Kier molecular flexibility index (Phi) is 4.71. The fourth-order valence-corrected chi connectivity index (χ4v) is 2.82. The molecule has 2 atom stereocenters. The molecule has 3 N–H and O–H groups in total. The molecule has 1 heterocycles. The van der Waals surface area contributed by atoms with Gasteiger partial charge in [0.1, 0.15) is 6.26 Å². The van der Waals surface area contributed by atoms with E-state index in [4.69, 9.17) is 10.2 Å². The third-order valence-corrected chi connectivity index (χ3v) is 4.15. The zero-order valence-corrected chi connectivity index (χ0v) is 13.0. The maximum absolute atomic E-state index is 5.50. The van der Waals surface area contributed by atoms with Crippen LogP contribution in [0.25, 0.3) is 6.08 Å². The van der Waals surface area contributed by atoms with Crippen LogP contribution in [0.5, 0.6) is 0 Å². The molecule has 1 aliphatic rings. The standard InChI is InChI=1S/C18H23N3O/c1-2-14(8-13-6-4-3-5-7-13)16-9-17(16)20-11-15-12-22-18(10-19)21-15/h3-8,12,16-17,20H,2,9-11,19H2,1H3/t16-,17?/m0/s1. The molecule has 2 aromatic rings. The van der Waals surface area contributed by atoms with Gasteiger partial charge in [-0.1, -0.05) is 48.9 Å². The highest BCUT2D eigenvalue weighted by Crippen LogP contribution is 2.39. The second kappa shape index (κ2) is 6.90. The fraction of sp³-hybridized carbons (Fsp3) is 0.389. The van der Waals surface area contributed by atoms with Crippen molar-refractivity contribution in [3.05, 3.63) is 59.3 Å². The number of aromatic nitrogens is 1. The SMILES string of the molecule is CCC(=Cc1ccccc1)[C@@H]1CC1NCc1coc(CN)n1. The number of hydrogen-bond acceptors (Lipinski definition) is 4. The normalized spacial score (nSPS) is 21.1. The van der Waals surface area contributed by atoms with Crippen LogP contribution in [0.15, 0.2) is 46.6 Å². The van der Waals surface area contributed by atoms with Crippen molar-refractivity contribution < 1.29 is 4.42 Å².